The largest absolute Gasteiger partial charge is 0.465 e. The molecular formula is C29H46N2O6. The Hall–Kier alpha value is -2.19. The van der Waals surface area contributed by atoms with Crippen LogP contribution in [-0.2, 0) is 23.9 Å². The Morgan fingerprint density at radius 2 is 1.89 bits per heavy atom. The number of rotatable bonds is 12. The fourth-order valence-corrected chi connectivity index (χ4v) is 7.21. The average molecular weight is 519 g/mol. The van der Waals surface area contributed by atoms with Crippen molar-refractivity contribution in [2.24, 2.45) is 17.3 Å². The first-order valence-electron chi connectivity index (χ1n) is 13.5. The molecule has 3 aliphatic heterocycles. The molecule has 0 aromatic rings. The van der Waals surface area contributed by atoms with Crippen molar-refractivity contribution in [3.63, 3.8) is 0 Å². The van der Waals surface area contributed by atoms with Crippen LogP contribution in [0.3, 0.4) is 0 Å². The molecule has 3 fully saturated rings. The molecule has 2 amide bonds. The van der Waals surface area contributed by atoms with Gasteiger partial charge in [0.2, 0.25) is 11.8 Å². The van der Waals surface area contributed by atoms with E-state index in [9.17, 15) is 19.5 Å². The lowest BCUT2D eigenvalue weighted by atomic mass is 9.66. The van der Waals surface area contributed by atoms with Gasteiger partial charge in [0, 0.05) is 18.6 Å². The maximum atomic E-state index is 14.4. The molecule has 3 heterocycles. The lowest BCUT2D eigenvalue weighted by Gasteiger charge is -2.45. The SMILES string of the molecule is C=CCCCOC(=O)[C@@H]1[C@H]2C(=O)N(CCO)C(C(=O)N(CC=C)C(C)(C)CC(C)(C)C)C23CC[C@@]1(C)O3. The summed E-state index contributed by atoms with van der Waals surface area (Å²) in [5.41, 5.74) is -2.60. The number of esters is 1. The van der Waals surface area contributed by atoms with Gasteiger partial charge in [0.05, 0.1) is 24.7 Å². The highest BCUT2D eigenvalue weighted by Gasteiger charge is 2.78. The minimum Gasteiger partial charge on any atom is -0.465 e. The van der Waals surface area contributed by atoms with Gasteiger partial charge in [-0.05, 0) is 58.3 Å². The minimum absolute atomic E-state index is 0.00368. The topological polar surface area (TPSA) is 96.4 Å². The average Bonchev–Trinajstić information content (AvgIpc) is 3.34. The number of allylic oxidation sites excluding steroid dienone is 1. The molecule has 3 aliphatic rings. The monoisotopic (exact) mass is 518 g/mol. The third-order valence-electron chi connectivity index (χ3n) is 8.17. The summed E-state index contributed by atoms with van der Waals surface area (Å²) >= 11 is 0. The van der Waals surface area contributed by atoms with Crippen molar-refractivity contribution < 1.29 is 29.0 Å². The summed E-state index contributed by atoms with van der Waals surface area (Å²) in [6, 6.07) is -0.934. The number of likely N-dealkylation sites (tertiary alicyclic amines) is 1. The number of hydrogen-bond donors (Lipinski definition) is 1. The smallest absolute Gasteiger partial charge is 0.312 e. The van der Waals surface area contributed by atoms with Gasteiger partial charge in [0.25, 0.3) is 0 Å². The second-order valence-electron chi connectivity index (χ2n) is 12.9. The molecule has 3 saturated heterocycles. The molecule has 1 spiro atoms. The zero-order valence-corrected chi connectivity index (χ0v) is 23.5. The number of amides is 2. The maximum Gasteiger partial charge on any atom is 0.312 e. The van der Waals surface area contributed by atoms with Crippen LogP contribution < -0.4 is 0 Å². The number of aliphatic hydroxyl groups is 1. The Morgan fingerprint density at radius 3 is 2.46 bits per heavy atom. The molecule has 8 heteroatoms. The molecule has 0 saturated carbocycles. The lowest BCUT2D eigenvalue weighted by molar-refractivity contribution is -0.161. The van der Waals surface area contributed by atoms with E-state index in [0.717, 1.165) is 12.8 Å². The van der Waals surface area contributed by atoms with E-state index in [4.69, 9.17) is 9.47 Å². The Morgan fingerprint density at radius 1 is 1.22 bits per heavy atom. The zero-order chi connectivity index (χ0) is 27.8. The van der Waals surface area contributed by atoms with Crippen LogP contribution in [0.15, 0.2) is 25.3 Å². The molecule has 208 valence electrons. The first-order valence-corrected chi connectivity index (χ1v) is 13.5. The molecule has 5 atom stereocenters. The highest BCUT2D eigenvalue weighted by atomic mass is 16.6. The van der Waals surface area contributed by atoms with Crippen molar-refractivity contribution in [2.75, 3.05) is 26.3 Å². The fraction of sp³-hybridized carbons (Fsp3) is 0.759. The van der Waals surface area contributed by atoms with E-state index in [0.29, 0.717) is 25.8 Å². The third kappa shape index (κ3) is 5.24. The van der Waals surface area contributed by atoms with E-state index in [2.05, 4.69) is 33.9 Å². The number of unbranched alkanes of at least 4 members (excludes halogenated alkanes) is 1. The molecular weight excluding hydrogens is 472 g/mol. The predicted octanol–water partition coefficient (Wildman–Crippen LogP) is 3.48. The van der Waals surface area contributed by atoms with Crippen molar-refractivity contribution in [3.8, 4) is 0 Å². The second-order valence-corrected chi connectivity index (χ2v) is 12.9. The molecule has 0 aromatic carbocycles. The van der Waals surface area contributed by atoms with Gasteiger partial charge in [0.15, 0.2) is 0 Å². The second kappa shape index (κ2) is 10.5. The van der Waals surface area contributed by atoms with Gasteiger partial charge in [-0.25, -0.2) is 0 Å². The number of carbonyl (C=O) groups is 3. The summed E-state index contributed by atoms with van der Waals surface area (Å²) in [6.07, 6.45) is 6.61. The number of aliphatic hydroxyl groups excluding tert-OH is 1. The highest BCUT2D eigenvalue weighted by Crippen LogP contribution is 2.63. The number of β-amino-alcohol motifs (C(OH)–C–C–N with tert-alkyl or cyclic N) is 1. The van der Waals surface area contributed by atoms with Gasteiger partial charge >= 0.3 is 5.97 Å². The first-order chi connectivity index (χ1) is 17.2. The Bertz CT molecular complexity index is 924. The molecule has 0 radical (unpaired) electrons. The summed E-state index contributed by atoms with van der Waals surface area (Å²) in [7, 11) is 0. The van der Waals surface area contributed by atoms with Crippen molar-refractivity contribution in [1.82, 2.24) is 9.80 Å². The van der Waals surface area contributed by atoms with Crippen LogP contribution in [0.4, 0.5) is 0 Å². The number of ether oxygens (including phenoxy) is 2. The zero-order valence-electron chi connectivity index (χ0n) is 23.5. The molecule has 37 heavy (non-hydrogen) atoms. The normalized spacial score (nSPS) is 30.8. The van der Waals surface area contributed by atoms with Gasteiger partial charge in [0.1, 0.15) is 17.6 Å². The molecule has 2 unspecified atom stereocenters. The summed E-state index contributed by atoms with van der Waals surface area (Å²) in [5.74, 6) is -2.64. The van der Waals surface area contributed by atoms with Crippen molar-refractivity contribution in [3.05, 3.63) is 25.3 Å². The van der Waals surface area contributed by atoms with Crippen molar-refractivity contribution >= 4 is 17.8 Å². The van der Waals surface area contributed by atoms with Gasteiger partial charge in [-0.1, -0.05) is 32.9 Å². The van der Waals surface area contributed by atoms with Crippen molar-refractivity contribution in [1.29, 1.82) is 0 Å². The van der Waals surface area contributed by atoms with Gasteiger partial charge in [-0.15, -0.1) is 13.2 Å². The van der Waals surface area contributed by atoms with E-state index in [-0.39, 0.29) is 37.0 Å². The van der Waals surface area contributed by atoms with E-state index in [1.165, 1.54) is 4.90 Å². The molecule has 0 aromatic heterocycles. The van der Waals surface area contributed by atoms with E-state index < -0.39 is 40.6 Å². The van der Waals surface area contributed by atoms with E-state index >= 15 is 0 Å². The Kier molecular flexibility index (Phi) is 8.35. The molecule has 2 bridgehead atoms. The fourth-order valence-electron chi connectivity index (χ4n) is 7.21. The minimum atomic E-state index is -1.14. The van der Waals surface area contributed by atoms with Crippen LogP contribution in [0.2, 0.25) is 0 Å². The lowest BCUT2D eigenvalue weighted by Crippen LogP contribution is -2.61. The Labute approximate surface area is 222 Å². The van der Waals surface area contributed by atoms with Crippen LogP contribution in [0, 0.1) is 17.3 Å². The van der Waals surface area contributed by atoms with Gasteiger partial charge < -0.3 is 24.4 Å². The molecule has 3 rings (SSSR count). The number of carbonyl (C=O) groups excluding carboxylic acids is 3. The maximum absolute atomic E-state index is 14.4. The van der Waals surface area contributed by atoms with Gasteiger partial charge in [-0.2, -0.15) is 0 Å². The third-order valence-corrected chi connectivity index (χ3v) is 8.17. The summed E-state index contributed by atoms with van der Waals surface area (Å²) in [6.45, 7) is 20.1. The number of fused-ring (bicyclic) bond motifs is 1. The summed E-state index contributed by atoms with van der Waals surface area (Å²) in [4.78, 5) is 44.9. The van der Waals surface area contributed by atoms with Crippen LogP contribution >= 0.6 is 0 Å². The van der Waals surface area contributed by atoms with Crippen molar-refractivity contribution in [2.45, 2.75) is 96.4 Å². The predicted molar refractivity (Wildman–Crippen MR) is 141 cm³/mol. The summed E-state index contributed by atoms with van der Waals surface area (Å²) in [5, 5.41) is 9.85. The number of nitrogens with zero attached hydrogens (tertiary/aromatic N) is 2. The standard InChI is InChI=1S/C29H46N2O6/c1-9-11-12-18-36-25(35)21-20-23(33)30(16-17-32)22(29(20)14-13-28(21,8)37-29)24(34)31(15-10-2)27(6,7)19-26(3,4)5/h9-10,20-22,32H,1-2,11-19H2,3-8H3/t20-,21-,22?,28+,29?/m0/s1. The van der Waals surface area contributed by atoms with Crippen LogP contribution in [0.25, 0.3) is 0 Å². The molecule has 0 aliphatic carbocycles. The molecule has 1 N–H and O–H groups in total. The van der Waals surface area contributed by atoms with E-state index in [1.807, 2.05) is 20.8 Å². The van der Waals surface area contributed by atoms with Crippen LogP contribution in [0.5, 0.6) is 0 Å². The molecule has 8 nitrogen and oxygen atoms in total. The van der Waals surface area contributed by atoms with E-state index in [1.54, 1.807) is 17.1 Å². The highest BCUT2D eigenvalue weighted by molar-refractivity contribution is 5.98. The number of hydrogen-bond acceptors (Lipinski definition) is 6. The Balaban J connectivity index is 2.01. The first kappa shape index (κ1) is 29.4. The quantitative estimate of drug-likeness (QED) is 0.241. The van der Waals surface area contributed by atoms with Crippen LogP contribution in [-0.4, -0.2) is 81.8 Å². The van der Waals surface area contributed by atoms with Crippen LogP contribution in [0.1, 0.15) is 73.6 Å². The summed E-state index contributed by atoms with van der Waals surface area (Å²) < 4.78 is 12.2. The van der Waals surface area contributed by atoms with Gasteiger partial charge in [-0.3, -0.25) is 14.4 Å².